The second-order valence-electron chi connectivity index (χ2n) is 7.69. The Morgan fingerprint density at radius 2 is 1.12 bits per heavy atom. The summed E-state index contributed by atoms with van der Waals surface area (Å²) < 4.78 is 0. The minimum Gasteiger partial charge on any atom is -0.479 e. The fraction of sp³-hybridized carbons (Fsp3) is 0.292. The molecule has 9 nitrogen and oxygen atoms in total. The fourth-order valence-corrected chi connectivity index (χ4v) is 3.26. The smallest absolute Gasteiger partial charge is 0.336 e. The van der Waals surface area contributed by atoms with Crippen LogP contribution >= 0.6 is 0 Å². The Bertz CT molecular complexity index is 894. The van der Waals surface area contributed by atoms with Gasteiger partial charge in [-0.2, -0.15) is 0 Å². The molecule has 4 N–H and O–H groups in total. The molecule has 2 aromatic carbocycles. The zero-order chi connectivity index (χ0) is 24.3. The van der Waals surface area contributed by atoms with Gasteiger partial charge >= 0.3 is 5.97 Å². The molecule has 0 saturated carbocycles. The molecule has 174 valence electrons. The number of carbonyl (C=O) groups is 5. The van der Waals surface area contributed by atoms with E-state index in [1.165, 1.54) is 0 Å². The molecule has 2 rings (SSSR count). The zero-order valence-electron chi connectivity index (χ0n) is 17.8. The number of carboxylic acid groups (broad SMARTS) is 1. The van der Waals surface area contributed by atoms with E-state index in [0.717, 1.165) is 11.1 Å². The number of rotatable bonds is 13. The van der Waals surface area contributed by atoms with Gasteiger partial charge in [-0.3, -0.25) is 9.59 Å². The Hall–Kier alpha value is -3.85. The van der Waals surface area contributed by atoms with Crippen LogP contribution in [0, 0.1) is 0 Å². The molecular weight excluding hydrogens is 428 g/mol. The number of nitrogens with one attached hydrogen (secondary N) is 2. The second-order valence-corrected chi connectivity index (χ2v) is 7.69. The Morgan fingerprint density at radius 1 is 0.758 bits per heavy atom. The monoisotopic (exact) mass is 454 g/mol. The van der Waals surface area contributed by atoms with Crippen molar-refractivity contribution in [3.63, 3.8) is 0 Å². The number of carbonyl (C=O) groups excluding carboxylic acids is 4. The van der Waals surface area contributed by atoms with E-state index < -0.39 is 48.3 Å². The van der Waals surface area contributed by atoms with E-state index in [4.69, 9.17) is 0 Å². The number of hydrogen-bond donors (Lipinski definition) is 4. The van der Waals surface area contributed by atoms with E-state index in [1.807, 2.05) is 0 Å². The maximum Gasteiger partial charge on any atom is 0.336 e. The van der Waals surface area contributed by atoms with Crippen molar-refractivity contribution >= 4 is 30.4 Å². The second kappa shape index (κ2) is 12.3. The number of aliphatic hydroxyl groups is 1. The lowest BCUT2D eigenvalue weighted by atomic mass is 9.94. The molecule has 33 heavy (non-hydrogen) atoms. The molecule has 2 amide bonds. The third-order valence-corrected chi connectivity index (χ3v) is 4.92. The van der Waals surface area contributed by atoms with Crippen LogP contribution in [-0.2, 0) is 36.8 Å². The molecule has 0 fully saturated rings. The van der Waals surface area contributed by atoms with E-state index in [2.05, 4.69) is 10.6 Å². The molecule has 0 heterocycles. The summed E-state index contributed by atoms with van der Waals surface area (Å²) in [7, 11) is 0. The largest absolute Gasteiger partial charge is 0.479 e. The lowest BCUT2D eigenvalue weighted by Gasteiger charge is -2.24. The highest BCUT2D eigenvalue weighted by atomic mass is 16.4. The van der Waals surface area contributed by atoms with Crippen molar-refractivity contribution in [1.82, 2.24) is 10.6 Å². The highest BCUT2D eigenvalue weighted by Crippen LogP contribution is 2.17. The Labute approximate surface area is 190 Å². The van der Waals surface area contributed by atoms with E-state index in [0.29, 0.717) is 12.6 Å². The van der Waals surface area contributed by atoms with Crippen LogP contribution in [0.4, 0.5) is 0 Å². The van der Waals surface area contributed by atoms with Gasteiger partial charge in [0, 0.05) is 0 Å². The third kappa shape index (κ3) is 8.30. The molecule has 0 aromatic heterocycles. The summed E-state index contributed by atoms with van der Waals surface area (Å²) in [6.45, 7) is 0. The zero-order valence-corrected chi connectivity index (χ0v) is 17.8. The molecule has 0 aliphatic heterocycles. The van der Waals surface area contributed by atoms with Crippen molar-refractivity contribution < 1.29 is 34.2 Å². The maximum absolute atomic E-state index is 12.3. The van der Waals surface area contributed by atoms with Crippen LogP contribution in [0.15, 0.2) is 60.7 Å². The van der Waals surface area contributed by atoms with Crippen LogP contribution in [0.2, 0.25) is 0 Å². The van der Waals surface area contributed by atoms with Gasteiger partial charge in [-0.05, 0) is 24.0 Å². The Balaban J connectivity index is 1.97. The van der Waals surface area contributed by atoms with Crippen molar-refractivity contribution in [3.05, 3.63) is 71.8 Å². The predicted molar refractivity (Wildman–Crippen MR) is 118 cm³/mol. The average Bonchev–Trinajstić information content (AvgIpc) is 2.79. The molecule has 0 saturated heterocycles. The Morgan fingerprint density at radius 3 is 1.42 bits per heavy atom. The molecule has 0 spiro atoms. The van der Waals surface area contributed by atoms with Crippen molar-refractivity contribution in [2.75, 3.05) is 0 Å². The summed E-state index contributed by atoms with van der Waals surface area (Å²) in [4.78, 5) is 59.0. The van der Waals surface area contributed by atoms with E-state index in [9.17, 15) is 34.2 Å². The van der Waals surface area contributed by atoms with Crippen LogP contribution in [0.25, 0.3) is 0 Å². The van der Waals surface area contributed by atoms with Gasteiger partial charge in [-0.1, -0.05) is 60.7 Å². The number of carboxylic acids is 1. The van der Waals surface area contributed by atoms with Crippen LogP contribution < -0.4 is 10.6 Å². The van der Waals surface area contributed by atoms with Crippen molar-refractivity contribution in [2.24, 2.45) is 0 Å². The molecule has 2 aromatic rings. The first-order chi connectivity index (χ1) is 15.8. The average molecular weight is 454 g/mol. The lowest BCUT2D eigenvalue weighted by Crippen LogP contribution is -2.50. The van der Waals surface area contributed by atoms with Crippen LogP contribution in [-0.4, -0.2) is 58.3 Å². The van der Waals surface area contributed by atoms with Gasteiger partial charge in [0.15, 0.2) is 5.60 Å². The highest BCUT2D eigenvalue weighted by Gasteiger charge is 2.41. The van der Waals surface area contributed by atoms with Crippen molar-refractivity contribution in [3.8, 4) is 0 Å². The van der Waals surface area contributed by atoms with Gasteiger partial charge in [0.1, 0.15) is 12.6 Å². The first-order valence-electron chi connectivity index (χ1n) is 10.3. The van der Waals surface area contributed by atoms with Gasteiger partial charge < -0.3 is 30.4 Å². The van der Waals surface area contributed by atoms with E-state index >= 15 is 0 Å². The van der Waals surface area contributed by atoms with Crippen LogP contribution in [0.5, 0.6) is 0 Å². The molecular formula is C24H26N2O7. The van der Waals surface area contributed by atoms with Crippen molar-refractivity contribution in [2.45, 2.75) is 43.4 Å². The van der Waals surface area contributed by atoms with Crippen LogP contribution in [0.3, 0.4) is 0 Å². The molecule has 0 radical (unpaired) electrons. The SMILES string of the molecule is O=CC(Cc1ccccc1)NC(=O)CC(O)(CC(=O)NC(C=O)Cc1ccccc1)C(=O)O. The van der Waals surface area contributed by atoms with Gasteiger partial charge in [-0.25, -0.2) is 4.79 Å². The third-order valence-electron chi connectivity index (χ3n) is 4.92. The van der Waals surface area contributed by atoms with Crippen LogP contribution in [0.1, 0.15) is 24.0 Å². The summed E-state index contributed by atoms with van der Waals surface area (Å²) in [6.07, 6.45) is -0.505. The number of amides is 2. The Kier molecular flexibility index (Phi) is 9.44. The van der Waals surface area contributed by atoms with Gasteiger partial charge in [0.25, 0.3) is 0 Å². The molecule has 0 aliphatic carbocycles. The minimum absolute atomic E-state index is 0.183. The molecule has 0 bridgehead atoms. The standard InChI is InChI=1S/C24H26N2O7/c27-15-19(11-17-7-3-1-4-8-17)25-21(29)13-24(33,23(31)32)14-22(30)26-20(16-28)12-18-9-5-2-6-10-18/h1-10,15-16,19-20,33H,11-14H2,(H,25,29)(H,26,30)(H,31,32). The topological polar surface area (TPSA) is 150 Å². The lowest BCUT2D eigenvalue weighted by molar-refractivity contribution is -0.164. The predicted octanol–water partition coefficient (Wildman–Crippen LogP) is 0.435. The van der Waals surface area contributed by atoms with Gasteiger partial charge in [0.05, 0.1) is 24.9 Å². The first-order valence-corrected chi connectivity index (χ1v) is 10.3. The molecule has 9 heteroatoms. The molecule has 0 aliphatic rings. The van der Waals surface area contributed by atoms with E-state index in [-0.39, 0.29) is 12.8 Å². The summed E-state index contributed by atoms with van der Waals surface area (Å²) in [5.41, 5.74) is -1.16. The maximum atomic E-state index is 12.3. The fourth-order valence-electron chi connectivity index (χ4n) is 3.26. The summed E-state index contributed by atoms with van der Waals surface area (Å²) >= 11 is 0. The minimum atomic E-state index is -2.71. The first kappa shape index (κ1) is 25.4. The van der Waals surface area contributed by atoms with Gasteiger partial charge in [-0.15, -0.1) is 0 Å². The van der Waals surface area contributed by atoms with Gasteiger partial charge in [0.2, 0.25) is 11.8 Å². The number of aliphatic carboxylic acids is 1. The summed E-state index contributed by atoms with van der Waals surface area (Å²) in [5, 5.41) is 24.6. The molecule has 2 atom stereocenters. The summed E-state index contributed by atoms with van der Waals surface area (Å²) in [5.74, 6) is -3.59. The summed E-state index contributed by atoms with van der Waals surface area (Å²) in [6, 6.07) is 15.9. The van der Waals surface area contributed by atoms with E-state index in [1.54, 1.807) is 60.7 Å². The molecule has 2 unspecified atom stereocenters. The number of aldehydes is 2. The number of benzene rings is 2. The van der Waals surface area contributed by atoms with Crippen molar-refractivity contribution in [1.29, 1.82) is 0 Å². The quantitative estimate of drug-likeness (QED) is 0.321. The highest BCUT2D eigenvalue weighted by molar-refractivity contribution is 5.93. The number of hydrogen-bond acceptors (Lipinski definition) is 6. The normalized spacial score (nSPS) is 14.2.